The van der Waals surface area contributed by atoms with E-state index in [1.54, 1.807) is 30.3 Å². The lowest BCUT2D eigenvalue weighted by molar-refractivity contribution is -0.112. The third-order valence-corrected chi connectivity index (χ3v) is 3.50. The second-order valence-corrected chi connectivity index (χ2v) is 5.50. The van der Waals surface area contributed by atoms with Crippen LogP contribution in [-0.4, -0.2) is 5.91 Å². The molecule has 0 aliphatic rings. The first-order valence-corrected chi connectivity index (χ1v) is 7.20. The van der Waals surface area contributed by atoms with Crippen molar-refractivity contribution in [1.29, 1.82) is 5.26 Å². The fourth-order valence-corrected chi connectivity index (χ4v) is 2.22. The van der Waals surface area contributed by atoms with E-state index in [0.29, 0.717) is 21.3 Å². The number of carbonyl (C=O) groups excluding carboxylic acids is 1. The standard InChI is InChI=1S/C17H12Cl2N2O/c1-11-2-6-15(7-3-11)21-17(22)13(10-20)8-12-4-5-14(18)9-16(12)19/h2-9H,1H3,(H,21,22)/b13-8+. The predicted octanol–water partition coefficient (Wildman–Crippen LogP) is 4.85. The average Bonchev–Trinajstić information content (AvgIpc) is 2.49. The van der Waals surface area contributed by atoms with Crippen LogP contribution in [0.15, 0.2) is 48.0 Å². The van der Waals surface area contributed by atoms with Gasteiger partial charge in [-0.15, -0.1) is 0 Å². The fourth-order valence-electron chi connectivity index (χ4n) is 1.76. The lowest BCUT2D eigenvalue weighted by Gasteiger charge is -2.05. The van der Waals surface area contributed by atoms with Gasteiger partial charge in [-0.25, -0.2) is 0 Å². The van der Waals surface area contributed by atoms with Crippen LogP contribution in [0, 0.1) is 18.3 Å². The summed E-state index contributed by atoms with van der Waals surface area (Å²) in [5.74, 6) is -0.489. The number of hydrogen-bond donors (Lipinski definition) is 1. The van der Waals surface area contributed by atoms with E-state index in [1.807, 2.05) is 25.1 Å². The molecule has 0 atom stereocenters. The molecule has 0 aliphatic heterocycles. The second-order valence-electron chi connectivity index (χ2n) is 4.66. The summed E-state index contributed by atoms with van der Waals surface area (Å²) in [7, 11) is 0. The van der Waals surface area contributed by atoms with Crippen LogP contribution in [0.1, 0.15) is 11.1 Å². The molecule has 5 heteroatoms. The maximum Gasteiger partial charge on any atom is 0.266 e. The molecule has 110 valence electrons. The van der Waals surface area contributed by atoms with Gasteiger partial charge in [-0.1, -0.05) is 47.0 Å². The van der Waals surface area contributed by atoms with E-state index < -0.39 is 5.91 Å². The molecule has 0 spiro atoms. The zero-order valence-corrected chi connectivity index (χ0v) is 13.2. The van der Waals surface area contributed by atoms with Crippen molar-refractivity contribution in [3.05, 3.63) is 69.2 Å². The van der Waals surface area contributed by atoms with E-state index in [0.717, 1.165) is 5.56 Å². The van der Waals surface area contributed by atoms with E-state index in [4.69, 9.17) is 23.2 Å². The maximum absolute atomic E-state index is 12.1. The summed E-state index contributed by atoms with van der Waals surface area (Å²) in [5.41, 5.74) is 2.23. The highest BCUT2D eigenvalue weighted by atomic mass is 35.5. The molecule has 0 radical (unpaired) electrons. The van der Waals surface area contributed by atoms with Crippen molar-refractivity contribution in [2.75, 3.05) is 5.32 Å². The van der Waals surface area contributed by atoms with Gasteiger partial charge in [0.15, 0.2) is 0 Å². The van der Waals surface area contributed by atoms with Gasteiger partial charge >= 0.3 is 0 Å². The Morgan fingerprint density at radius 3 is 2.45 bits per heavy atom. The third kappa shape index (κ3) is 4.11. The Labute approximate surface area is 138 Å². The lowest BCUT2D eigenvalue weighted by Crippen LogP contribution is -2.13. The van der Waals surface area contributed by atoms with Crippen molar-refractivity contribution in [2.45, 2.75) is 6.92 Å². The summed E-state index contributed by atoms with van der Waals surface area (Å²) in [6, 6.07) is 14.0. The number of nitrogens with zero attached hydrogens (tertiary/aromatic N) is 1. The van der Waals surface area contributed by atoms with E-state index in [9.17, 15) is 10.1 Å². The fraction of sp³-hybridized carbons (Fsp3) is 0.0588. The molecule has 0 aromatic heterocycles. The third-order valence-electron chi connectivity index (χ3n) is 2.94. The zero-order chi connectivity index (χ0) is 16.1. The Morgan fingerprint density at radius 2 is 1.86 bits per heavy atom. The molecule has 22 heavy (non-hydrogen) atoms. The normalized spacial score (nSPS) is 10.9. The van der Waals surface area contributed by atoms with Crippen LogP contribution in [0.25, 0.3) is 6.08 Å². The number of aryl methyl sites for hydroxylation is 1. The van der Waals surface area contributed by atoms with Gasteiger partial charge in [0, 0.05) is 15.7 Å². The molecule has 0 unspecified atom stereocenters. The second kappa shape index (κ2) is 7.13. The highest BCUT2D eigenvalue weighted by Crippen LogP contribution is 2.23. The molecule has 0 aliphatic carbocycles. The van der Waals surface area contributed by atoms with Gasteiger partial charge in [-0.3, -0.25) is 4.79 Å². The molecule has 0 fully saturated rings. The Morgan fingerprint density at radius 1 is 1.18 bits per heavy atom. The summed E-state index contributed by atoms with van der Waals surface area (Å²) in [5, 5.41) is 12.7. The van der Waals surface area contributed by atoms with Crippen LogP contribution in [0.2, 0.25) is 10.0 Å². The van der Waals surface area contributed by atoms with Gasteiger partial charge in [0.2, 0.25) is 0 Å². The highest BCUT2D eigenvalue weighted by Gasteiger charge is 2.10. The Bertz CT molecular complexity index is 774. The van der Waals surface area contributed by atoms with E-state index in [2.05, 4.69) is 5.32 Å². The first-order chi connectivity index (χ1) is 10.5. The van der Waals surface area contributed by atoms with Gasteiger partial charge in [-0.2, -0.15) is 5.26 Å². The monoisotopic (exact) mass is 330 g/mol. The van der Waals surface area contributed by atoms with Crippen LogP contribution in [-0.2, 0) is 4.79 Å². The molecule has 3 nitrogen and oxygen atoms in total. The Balaban J connectivity index is 2.23. The molecule has 1 N–H and O–H groups in total. The molecule has 0 heterocycles. The van der Waals surface area contributed by atoms with Crippen LogP contribution >= 0.6 is 23.2 Å². The number of halogens is 2. The SMILES string of the molecule is Cc1ccc(NC(=O)/C(C#N)=C/c2ccc(Cl)cc2Cl)cc1. The Hall–Kier alpha value is -2.28. The lowest BCUT2D eigenvalue weighted by atomic mass is 10.1. The number of hydrogen-bond acceptors (Lipinski definition) is 2. The van der Waals surface area contributed by atoms with Gasteiger partial charge in [0.25, 0.3) is 5.91 Å². The van der Waals surface area contributed by atoms with Crippen molar-refractivity contribution >= 4 is 40.9 Å². The number of benzene rings is 2. The smallest absolute Gasteiger partial charge is 0.266 e. The van der Waals surface area contributed by atoms with Crippen LogP contribution in [0.3, 0.4) is 0 Å². The predicted molar refractivity (Wildman–Crippen MR) is 89.9 cm³/mol. The Kier molecular flexibility index (Phi) is 5.21. The summed E-state index contributed by atoms with van der Waals surface area (Å²) in [6.07, 6.45) is 1.43. The molecular formula is C17H12Cl2N2O. The zero-order valence-electron chi connectivity index (χ0n) is 11.7. The van der Waals surface area contributed by atoms with Crippen molar-refractivity contribution in [3.63, 3.8) is 0 Å². The quantitative estimate of drug-likeness (QED) is 0.646. The van der Waals surface area contributed by atoms with Crippen molar-refractivity contribution in [1.82, 2.24) is 0 Å². The van der Waals surface area contributed by atoms with Gasteiger partial charge in [0.1, 0.15) is 11.6 Å². The first-order valence-electron chi connectivity index (χ1n) is 6.44. The van der Waals surface area contributed by atoms with Crippen molar-refractivity contribution in [2.24, 2.45) is 0 Å². The van der Waals surface area contributed by atoms with Gasteiger partial charge < -0.3 is 5.32 Å². The molecular weight excluding hydrogens is 319 g/mol. The first kappa shape index (κ1) is 16.1. The van der Waals surface area contributed by atoms with Crippen LogP contribution < -0.4 is 5.32 Å². The molecule has 2 aromatic rings. The largest absolute Gasteiger partial charge is 0.321 e. The molecule has 2 aromatic carbocycles. The molecule has 0 saturated heterocycles. The number of nitriles is 1. The van der Waals surface area contributed by atoms with E-state index in [-0.39, 0.29) is 5.57 Å². The van der Waals surface area contributed by atoms with Gasteiger partial charge in [0.05, 0.1) is 0 Å². The number of rotatable bonds is 3. The highest BCUT2D eigenvalue weighted by molar-refractivity contribution is 6.35. The maximum atomic E-state index is 12.1. The topological polar surface area (TPSA) is 52.9 Å². The molecule has 0 bridgehead atoms. The number of anilines is 1. The van der Waals surface area contributed by atoms with E-state index >= 15 is 0 Å². The number of amides is 1. The van der Waals surface area contributed by atoms with Gasteiger partial charge in [-0.05, 0) is 42.8 Å². The number of nitrogens with one attached hydrogen (secondary N) is 1. The minimum absolute atomic E-state index is 0.0372. The van der Waals surface area contributed by atoms with Crippen molar-refractivity contribution < 1.29 is 4.79 Å². The van der Waals surface area contributed by atoms with Crippen LogP contribution in [0.4, 0.5) is 5.69 Å². The van der Waals surface area contributed by atoms with Crippen molar-refractivity contribution in [3.8, 4) is 6.07 Å². The van der Waals surface area contributed by atoms with E-state index in [1.165, 1.54) is 6.08 Å². The summed E-state index contributed by atoms with van der Waals surface area (Å²) >= 11 is 11.9. The molecule has 0 saturated carbocycles. The molecule has 1 amide bonds. The average molecular weight is 331 g/mol. The summed E-state index contributed by atoms with van der Waals surface area (Å²) in [4.78, 5) is 12.1. The summed E-state index contributed by atoms with van der Waals surface area (Å²) < 4.78 is 0. The minimum atomic E-state index is -0.489. The minimum Gasteiger partial charge on any atom is -0.321 e. The molecule has 2 rings (SSSR count). The van der Waals surface area contributed by atoms with Crippen LogP contribution in [0.5, 0.6) is 0 Å². The number of carbonyl (C=O) groups is 1. The summed E-state index contributed by atoms with van der Waals surface area (Å²) in [6.45, 7) is 1.95.